The van der Waals surface area contributed by atoms with E-state index >= 15 is 0 Å². The van der Waals surface area contributed by atoms with Crippen LogP contribution in [0.3, 0.4) is 0 Å². The Hall–Kier alpha value is -2.48. The predicted molar refractivity (Wildman–Crippen MR) is 88.4 cm³/mol. The van der Waals surface area contributed by atoms with Crippen LogP contribution in [0, 0.1) is 6.92 Å². The van der Waals surface area contributed by atoms with Gasteiger partial charge in [-0.15, -0.1) is 11.3 Å². The number of thiophene rings is 1. The third kappa shape index (κ3) is 2.62. The summed E-state index contributed by atoms with van der Waals surface area (Å²) >= 11 is 1.61. The molecule has 1 aliphatic rings. The summed E-state index contributed by atoms with van der Waals surface area (Å²) < 4.78 is 7.12. The first-order valence-electron chi connectivity index (χ1n) is 7.77. The Bertz CT molecular complexity index is 881. The Morgan fingerprint density at radius 1 is 1.46 bits per heavy atom. The number of carbonyl (C=O) groups is 1. The van der Waals surface area contributed by atoms with Gasteiger partial charge in [0.25, 0.3) is 5.89 Å². The Balaban J connectivity index is 1.61. The van der Waals surface area contributed by atoms with Gasteiger partial charge in [0.15, 0.2) is 11.5 Å². The molecule has 0 saturated carbocycles. The van der Waals surface area contributed by atoms with E-state index in [0.29, 0.717) is 36.9 Å². The van der Waals surface area contributed by atoms with Gasteiger partial charge in [-0.05, 0) is 18.4 Å². The third-order valence-corrected chi connectivity index (χ3v) is 5.11. The topological polar surface area (TPSA) is 77.0 Å². The van der Waals surface area contributed by atoms with E-state index in [9.17, 15) is 4.79 Å². The number of carbonyl (C=O) groups excluding carboxylic acids is 1. The molecule has 0 aliphatic carbocycles. The number of aromatic nitrogens is 4. The molecular weight excluding hydrogens is 326 g/mol. The second-order valence-corrected chi connectivity index (χ2v) is 6.90. The SMILES string of the molecule is Cc1noc(-c2nn(C)c3c2CN(C(=O)Cc2cccs2)CC3)n1. The summed E-state index contributed by atoms with van der Waals surface area (Å²) in [6.07, 6.45) is 1.23. The number of nitrogens with zero attached hydrogens (tertiary/aromatic N) is 5. The van der Waals surface area contributed by atoms with Crippen LogP contribution < -0.4 is 0 Å². The van der Waals surface area contributed by atoms with E-state index in [0.717, 1.165) is 22.6 Å². The van der Waals surface area contributed by atoms with E-state index in [1.54, 1.807) is 18.3 Å². The Kier molecular flexibility index (Phi) is 3.68. The maximum atomic E-state index is 12.6. The van der Waals surface area contributed by atoms with Crippen LogP contribution in [0.25, 0.3) is 11.6 Å². The zero-order chi connectivity index (χ0) is 16.7. The quantitative estimate of drug-likeness (QED) is 0.727. The molecule has 0 aromatic carbocycles. The van der Waals surface area contributed by atoms with Crippen molar-refractivity contribution in [1.82, 2.24) is 24.8 Å². The van der Waals surface area contributed by atoms with Crippen molar-refractivity contribution >= 4 is 17.2 Å². The van der Waals surface area contributed by atoms with Crippen molar-refractivity contribution in [3.05, 3.63) is 39.5 Å². The minimum absolute atomic E-state index is 0.139. The first-order valence-corrected chi connectivity index (χ1v) is 8.65. The van der Waals surface area contributed by atoms with Crippen LogP contribution in [0.2, 0.25) is 0 Å². The lowest BCUT2D eigenvalue weighted by Crippen LogP contribution is -2.37. The molecule has 0 spiro atoms. The number of hydrogen-bond acceptors (Lipinski definition) is 6. The lowest BCUT2D eigenvalue weighted by atomic mass is 10.0. The Labute approximate surface area is 142 Å². The van der Waals surface area contributed by atoms with Crippen LogP contribution in [0.4, 0.5) is 0 Å². The van der Waals surface area contributed by atoms with Crippen LogP contribution in [-0.2, 0) is 31.2 Å². The van der Waals surface area contributed by atoms with E-state index in [2.05, 4.69) is 15.2 Å². The molecule has 0 fully saturated rings. The molecule has 4 heterocycles. The number of aryl methyl sites for hydroxylation is 2. The molecule has 0 unspecified atom stereocenters. The molecule has 1 amide bonds. The zero-order valence-electron chi connectivity index (χ0n) is 13.5. The summed E-state index contributed by atoms with van der Waals surface area (Å²) in [6.45, 7) is 3.02. The summed E-state index contributed by atoms with van der Waals surface area (Å²) in [5.41, 5.74) is 2.81. The van der Waals surface area contributed by atoms with Crippen LogP contribution in [0.1, 0.15) is 22.0 Å². The monoisotopic (exact) mass is 343 g/mol. The molecule has 0 saturated heterocycles. The molecule has 8 heteroatoms. The van der Waals surface area contributed by atoms with Gasteiger partial charge in [-0.25, -0.2) is 0 Å². The molecule has 124 valence electrons. The molecule has 4 rings (SSSR count). The van der Waals surface area contributed by atoms with Crippen molar-refractivity contribution in [3.63, 3.8) is 0 Å². The van der Waals surface area contributed by atoms with Gasteiger partial charge in [0.05, 0.1) is 6.42 Å². The number of hydrogen-bond donors (Lipinski definition) is 0. The van der Waals surface area contributed by atoms with Crippen LogP contribution in [0.5, 0.6) is 0 Å². The zero-order valence-corrected chi connectivity index (χ0v) is 14.3. The van der Waals surface area contributed by atoms with Gasteiger partial charge in [0.1, 0.15) is 0 Å². The second kappa shape index (κ2) is 5.86. The molecular formula is C16H17N5O2S. The first-order chi connectivity index (χ1) is 11.6. The highest BCUT2D eigenvalue weighted by Gasteiger charge is 2.29. The summed E-state index contributed by atoms with van der Waals surface area (Å²) in [7, 11) is 1.91. The van der Waals surface area contributed by atoms with E-state index in [1.807, 2.05) is 34.1 Å². The summed E-state index contributed by atoms with van der Waals surface area (Å²) in [4.78, 5) is 19.8. The average Bonchev–Trinajstić information content (AvgIpc) is 3.29. The van der Waals surface area contributed by atoms with Crippen LogP contribution in [-0.4, -0.2) is 37.3 Å². The average molecular weight is 343 g/mol. The minimum atomic E-state index is 0.139. The fraction of sp³-hybridized carbons (Fsp3) is 0.375. The number of fused-ring (bicyclic) bond motifs is 1. The van der Waals surface area contributed by atoms with Crippen molar-refractivity contribution < 1.29 is 9.32 Å². The molecule has 24 heavy (non-hydrogen) atoms. The fourth-order valence-corrected chi connectivity index (χ4v) is 3.74. The molecule has 0 N–H and O–H groups in total. The van der Waals surface area contributed by atoms with Crippen molar-refractivity contribution in [2.45, 2.75) is 26.3 Å². The number of rotatable bonds is 3. The lowest BCUT2D eigenvalue weighted by Gasteiger charge is -2.27. The minimum Gasteiger partial charge on any atom is -0.338 e. The Morgan fingerprint density at radius 3 is 3.04 bits per heavy atom. The maximum Gasteiger partial charge on any atom is 0.278 e. The van der Waals surface area contributed by atoms with Crippen LogP contribution in [0.15, 0.2) is 22.0 Å². The highest BCUT2D eigenvalue weighted by Crippen LogP contribution is 2.29. The van der Waals surface area contributed by atoms with Gasteiger partial charge < -0.3 is 9.42 Å². The maximum absolute atomic E-state index is 12.6. The van der Waals surface area contributed by atoms with Gasteiger partial charge in [0.2, 0.25) is 5.91 Å². The van der Waals surface area contributed by atoms with Crippen molar-refractivity contribution in [3.8, 4) is 11.6 Å². The van der Waals surface area contributed by atoms with E-state index in [4.69, 9.17) is 4.52 Å². The van der Waals surface area contributed by atoms with Gasteiger partial charge in [0, 0.05) is 42.7 Å². The third-order valence-electron chi connectivity index (χ3n) is 4.23. The van der Waals surface area contributed by atoms with Crippen molar-refractivity contribution in [1.29, 1.82) is 0 Å². The molecule has 3 aromatic heterocycles. The summed E-state index contributed by atoms with van der Waals surface area (Å²) in [5.74, 6) is 1.13. The lowest BCUT2D eigenvalue weighted by molar-refractivity contribution is -0.131. The molecule has 0 bridgehead atoms. The molecule has 0 radical (unpaired) electrons. The number of amides is 1. The van der Waals surface area contributed by atoms with Crippen molar-refractivity contribution in [2.75, 3.05) is 6.54 Å². The highest BCUT2D eigenvalue weighted by molar-refractivity contribution is 7.10. The van der Waals surface area contributed by atoms with Gasteiger partial charge in [-0.2, -0.15) is 10.1 Å². The van der Waals surface area contributed by atoms with Crippen LogP contribution >= 0.6 is 11.3 Å². The highest BCUT2D eigenvalue weighted by atomic mass is 32.1. The molecule has 1 aliphatic heterocycles. The van der Waals surface area contributed by atoms with E-state index < -0.39 is 0 Å². The van der Waals surface area contributed by atoms with E-state index in [-0.39, 0.29) is 5.91 Å². The summed E-state index contributed by atoms with van der Waals surface area (Å²) in [6, 6.07) is 3.97. The largest absolute Gasteiger partial charge is 0.338 e. The standard InChI is InChI=1S/C16H17N5O2S/c1-10-17-16(23-19-10)15-12-9-21(6-5-13(12)20(2)18-15)14(22)8-11-4-3-7-24-11/h3-4,7H,5-6,8-9H2,1-2H3. The predicted octanol–water partition coefficient (Wildman–Crippen LogP) is 1.97. The normalized spacial score (nSPS) is 14.0. The van der Waals surface area contributed by atoms with Gasteiger partial charge in [-0.1, -0.05) is 11.2 Å². The smallest absolute Gasteiger partial charge is 0.278 e. The molecule has 0 atom stereocenters. The fourth-order valence-electron chi connectivity index (χ4n) is 3.04. The van der Waals surface area contributed by atoms with Gasteiger partial charge in [-0.3, -0.25) is 9.48 Å². The Morgan fingerprint density at radius 2 is 2.33 bits per heavy atom. The summed E-state index contributed by atoms with van der Waals surface area (Å²) in [5, 5.41) is 10.4. The van der Waals surface area contributed by atoms with Gasteiger partial charge >= 0.3 is 0 Å². The van der Waals surface area contributed by atoms with Crippen molar-refractivity contribution in [2.24, 2.45) is 7.05 Å². The van der Waals surface area contributed by atoms with E-state index in [1.165, 1.54) is 0 Å². The second-order valence-electron chi connectivity index (χ2n) is 5.87. The molecule has 3 aromatic rings. The first kappa shape index (κ1) is 15.1. The molecule has 7 nitrogen and oxygen atoms in total.